The van der Waals surface area contributed by atoms with Crippen LogP contribution in [0.15, 0.2) is 47.8 Å². The molecule has 0 saturated heterocycles. The Morgan fingerprint density at radius 3 is 2.48 bits per heavy atom. The fourth-order valence-electron chi connectivity index (χ4n) is 5.39. The molecule has 4 rings (SSSR count). The topological polar surface area (TPSA) is 58.2 Å². The second-order valence-electron chi connectivity index (χ2n) is 9.36. The fraction of sp³-hybridized carbons (Fsp3) is 0.500. The summed E-state index contributed by atoms with van der Waals surface area (Å²) in [4.78, 5) is 26.6. The fourth-order valence-corrected chi connectivity index (χ4v) is 6.02. The van der Waals surface area contributed by atoms with Crippen LogP contribution in [0.1, 0.15) is 55.3 Å². The minimum absolute atomic E-state index is 0.0756. The van der Waals surface area contributed by atoms with Gasteiger partial charge >= 0.3 is 0 Å². The van der Waals surface area contributed by atoms with Gasteiger partial charge in [-0.2, -0.15) is 0 Å². The Balaban J connectivity index is 1.51. The largest absolute Gasteiger partial charge is 0.351 e. The van der Waals surface area contributed by atoms with Gasteiger partial charge in [0.2, 0.25) is 5.91 Å². The average molecular weight is 411 g/mol. The van der Waals surface area contributed by atoms with Crippen molar-refractivity contribution in [3.05, 3.63) is 58.3 Å². The van der Waals surface area contributed by atoms with Crippen molar-refractivity contribution in [2.45, 2.75) is 58.5 Å². The Morgan fingerprint density at radius 1 is 1.14 bits per heavy atom. The van der Waals surface area contributed by atoms with Crippen LogP contribution in [0.4, 0.5) is 0 Å². The van der Waals surface area contributed by atoms with E-state index in [1.165, 1.54) is 17.8 Å². The van der Waals surface area contributed by atoms with Crippen molar-refractivity contribution in [1.82, 2.24) is 10.6 Å². The molecule has 1 aromatic carbocycles. The molecule has 1 aromatic heterocycles. The molecule has 2 saturated carbocycles. The van der Waals surface area contributed by atoms with Gasteiger partial charge in [-0.15, -0.1) is 11.3 Å². The monoisotopic (exact) mass is 410 g/mol. The van der Waals surface area contributed by atoms with E-state index in [0.29, 0.717) is 17.2 Å². The van der Waals surface area contributed by atoms with E-state index < -0.39 is 6.04 Å². The highest BCUT2D eigenvalue weighted by Gasteiger charge is 2.61. The molecule has 4 atom stereocenters. The van der Waals surface area contributed by atoms with Gasteiger partial charge in [0.1, 0.15) is 6.04 Å². The van der Waals surface area contributed by atoms with Crippen LogP contribution in [0.3, 0.4) is 0 Å². The Morgan fingerprint density at radius 2 is 1.90 bits per heavy atom. The maximum absolute atomic E-state index is 13.3. The Hall–Kier alpha value is -2.14. The van der Waals surface area contributed by atoms with Gasteiger partial charge in [-0.1, -0.05) is 57.2 Å². The molecule has 2 aliphatic carbocycles. The summed E-state index contributed by atoms with van der Waals surface area (Å²) in [7, 11) is 0. The molecule has 154 valence electrons. The second-order valence-corrected chi connectivity index (χ2v) is 10.3. The van der Waals surface area contributed by atoms with Gasteiger partial charge < -0.3 is 10.6 Å². The lowest BCUT2D eigenvalue weighted by Crippen LogP contribution is -2.54. The van der Waals surface area contributed by atoms with Crippen LogP contribution in [-0.2, 0) is 11.2 Å². The Labute approximate surface area is 177 Å². The molecule has 0 radical (unpaired) electrons. The standard InChI is InChI=1S/C24H30N2O2S/c1-23(2)17-11-12-24(23,3)20(15-17)26-21(27)18(14-16-8-5-4-6-9-16)25-22(28)19-10-7-13-29-19/h4-10,13,17-18,20H,11-12,14-15H2,1-3H3,(H,25,28)(H,26,27)/t17-,18+,20-,24+/m1/s1. The summed E-state index contributed by atoms with van der Waals surface area (Å²) in [6.07, 6.45) is 3.92. The molecule has 2 aromatic rings. The molecular formula is C24H30N2O2S. The first kappa shape index (κ1) is 20.1. The molecule has 29 heavy (non-hydrogen) atoms. The van der Waals surface area contributed by atoms with Gasteiger partial charge in [-0.05, 0) is 53.0 Å². The number of hydrogen-bond donors (Lipinski definition) is 2. The first-order chi connectivity index (χ1) is 13.8. The number of hydrogen-bond acceptors (Lipinski definition) is 3. The number of carbonyl (C=O) groups is 2. The summed E-state index contributed by atoms with van der Waals surface area (Å²) in [6.45, 7) is 7.01. The van der Waals surface area contributed by atoms with E-state index in [2.05, 4.69) is 31.4 Å². The van der Waals surface area contributed by atoms with E-state index in [9.17, 15) is 9.59 Å². The predicted molar refractivity (Wildman–Crippen MR) is 117 cm³/mol. The van der Waals surface area contributed by atoms with Crippen LogP contribution in [0.2, 0.25) is 0 Å². The van der Waals surface area contributed by atoms with Gasteiger partial charge in [0, 0.05) is 12.5 Å². The third-order valence-electron chi connectivity index (χ3n) is 7.76. The summed E-state index contributed by atoms with van der Waals surface area (Å²) in [6, 6.07) is 13.1. The van der Waals surface area contributed by atoms with Crippen molar-refractivity contribution in [3.8, 4) is 0 Å². The van der Waals surface area contributed by atoms with Crippen LogP contribution >= 0.6 is 11.3 Å². The third-order valence-corrected chi connectivity index (χ3v) is 8.63. The number of fused-ring (bicyclic) bond motifs is 2. The SMILES string of the molecule is CC1(C)[C@@H]2CC[C@@]1(C)[C@H](NC(=O)[C@H](Cc1ccccc1)NC(=O)c1cccs1)C2. The van der Waals surface area contributed by atoms with Crippen molar-refractivity contribution < 1.29 is 9.59 Å². The molecule has 0 spiro atoms. The number of carbonyl (C=O) groups excluding carboxylic acids is 2. The predicted octanol–water partition coefficient (Wildman–Crippen LogP) is 4.42. The highest BCUT2D eigenvalue weighted by molar-refractivity contribution is 7.12. The summed E-state index contributed by atoms with van der Waals surface area (Å²) < 4.78 is 0. The van der Waals surface area contributed by atoms with Gasteiger partial charge in [0.15, 0.2) is 0 Å². The molecule has 2 aliphatic rings. The highest BCUT2D eigenvalue weighted by atomic mass is 32.1. The molecule has 0 aliphatic heterocycles. The molecule has 2 fully saturated rings. The van der Waals surface area contributed by atoms with E-state index in [-0.39, 0.29) is 28.7 Å². The van der Waals surface area contributed by atoms with Crippen molar-refractivity contribution in [2.24, 2.45) is 16.7 Å². The van der Waals surface area contributed by atoms with Gasteiger partial charge in [-0.25, -0.2) is 0 Å². The van der Waals surface area contributed by atoms with E-state index >= 15 is 0 Å². The van der Waals surface area contributed by atoms with Crippen molar-refractivity contribution in [1.29, 1.82) is 0 Å². The minimum atomic E-state index is -0.585. The number of rotatable bonds is 6. The smallest absolute Gasteiger partial charge is 0.262 e. The first-order valence-corrected chi connectivity index (χ1v) is 11.4. The maximum Gasteiger partial charge on any atom is 0.262 e. The summed E-state index contributed by atoms with van der Waals surface area (Å²) in [5.74, 6) is 0.398. The van der Waals surface area contributed by atoms with Crippen molar-refractivity contribution >= 4 is 23.2 Å². The molecule has 0 unspecified atom stereocenters. The second kappa shape index (κ2) is 7.60. The molecule has 1 heterocycles. The molecule has 2 amide bonds. The van der Waals surface area contributed by atoms with Crippen molar-refractivity contribution in [3.63, 3.8) is 0 Å². The highest BCUT2D eigenvalue weighted by Crippen LogP contribution is 2.65. The van der Waals surface area contributed by atoms with Gasteiger partial charge in [0.25, 0.3) is 5.91 Å². The lowest BCUT2D eigenvalue weighted by molar-refractivity contribution is -0.124. The van der Waals surface area contributed by atoms with E-state index in [1.54, 1.807) is 6.07 Å². The van der Waals surface area contributed by atoms with Crippen molar-refractivity contribution in [2.75, 3.05) is 0 Å². The number of nitrogens with one attached hydrogen (secondary N) is 2. The molecular weight excluding hydrogens is 380 g/mol. The average Bonchev–Trinajstić information content (AvgIpc) is 3.35. The number of thiophene rings is 1. The summed E-state index contributed by atoms with van der Waals surface area (Å²) in [5, 5.41) is 8.18. The van der Waals surface area contributed by atoms with Gasteiger partial charge in [-0.3, -0.25) is 9.59 Å². The van der Waals surface area contributed by atoms with Crippen LogP contribution in [-0.4, -0.2) is 23.9 Å². The van der Waals surface area contributed by atoms with E-state index in [4.69, 9.17) is 0 Å². The maximum atomic E-state index is 13.3. The normalized spacial score (nSPS) is 28.1. The lowest BCUT2D eigenvalue weighted by Gasteiger charge is -2.40. The lowest BCUT2D eigenvalue weighted by atomic mass is 9.69. The molecule has 2 N–H and O–H groups in total. The van der Waals surface area contributed by atoms with Crippen LogP contribution < -0.4 is 10.6 Å². The summed E-state index contributed by atoms with van der Waals surface area (Å²) in [5.41, 5.74) is 1.39. The molecule has 2 bridgehead atoms. The minimum Gasteiger partial charge on any atom is -0.351 e. The summed E-state index contributed by atoms with van der Waals surface area (Å²) >= 11 is 1.39. The number of amides is 2. The van der Waals surface area contributed by atoms with Crippen LogP contribution in [0, 0.1) is 16.7 Å². The molecule has 5 heteroatoms. The number of benzene rings is 1. The Bertz CT molecular complexity index is 878. The van der Waals surface area contributed by atoms with Crippen LogP contribution in [0.5, 0.6) is 0 Å². The van der Waals surface area contributed by atoms with Crippen LogP contribution in [0.25, 0.3) is 0 Å². The zero-order valence-electron chi connectivity index (χ0n) is 17.4. The zero-order valence-corrected chi connectivity index (χ0v) is 18.2. The zero-order chi connectivity index (χ0) is 20.6. The van der Waals surface area contributed by atoms with E-state index in [0.717, 1.165) is 18.4 Å². The Kier molecular flexibility index (Phi) is 5.28. The van der Waals surface area contributed by atoms with E-state index in [1.807, 2.05) is 41.8 Å². The quantitative estimate of drug-likeness (QED) is 0.741. The molecule has 4 nitrogen and oxygen atoms in total. The van der Waals surface area contributed by atoms with Gasteiger partial charge in [0.05, 0.1) is 4.88 Å². The first-order valence-electron chi connectivity index (χ1n) is 10.5. The third kappa shape index (κ3) is 3.61.